The highest BCUT2D eigenvalue weighted by atomic mass is 16.5. The molecule has 0 radical (unpaired) electrons. The van der Waals surface area contributed by atoms with Gasteiger partial charge in [0.1, 0.15) is 18.8 Å². The van der Waals surface area contributed by atoms with E-state index in [0.29, 0.717) is 0 Å². The maximum atomic E-state index is 10.8. The van der Waals surface area contributed by atoms with Crippen LogP contribution >= 0.6 is 0 Å². The maximum absolute atomic E-state index is 10.8. The van der Waals surface area contributed by atoms with Gasteiger partial charge in [-0.1, -0.05) is 44.2 Å². The number of aliphatic hydroxyl groups excluding tert-OH is 1. The molecule has 0 aromatic heterocycles. The minimum absolute atomic E-state index is 0.0208. The third-order valence-corrected chi connectivity index (χ3v) is 2.57. The van der Waals surface area contributed by atoms with E-state index in [2.05, 4.69) is 0 Å². The van der Waals surface area contributed by atoms with Gasteiger partial charge in [-0.15, -0.1) is 0 Å². The zero-order chi connectivity index (χ0) is 16.4. The zero-order valence-electron chi connectivity index (χ0n) is 12.5. The standard InChI is InChI=1S/C10H12O3.C5H11NO2/c1-8(11)10(12)13-7-9-5-3-2-4-6-9;1-3(2)4(6)5(7)8/h2-6,8,11H,7H2,1H3;3-4H,6H2,1-2H3,(H,7,8). The molecule has 1 aromatic carbocycles. The Balaban J connectivity index is 0.000000433. The summed E-state index contributed by atoms with van der Waals surface area (Å²) >= 11 is 0. The predicted molar refractivity (Wildman–Crippen MR) is 78.4 cm³/mol. The molecule has 1 aromatic rings. The van der Waals surface area contributed by atoms with Crippen LogP contribution in [0.3, 0.4) is 0 Å². The molecule has 4 N–H and O–H groups in total. The number of aliphatic hydroxyl groups is 1. The Kier molecular flexibility index (Phi) is 9.00. The normalized spacial score (nSPS) is 12.9. The lowest BCUT2D eigenvalue weighted by Crippen LogP contribution is -2.34. The van der Waals surface area contributed by atoms with E-state index in [0.717, 1.165) is 5.56 Å². The van der Waals surface area contributed by atoms with Crippen LogP contribution in [0.25, 0.3) is 0 Å². The molecule has 0 spiro atoms. The number of hydrogen-bond donors (Lipinski definition) is 3. The van der Waals surface area contributed by atoms with Gasteiger partial charge in [0.2, 0.25) is 0 Å². The van der Waals surface area contributed by atoms with Gasteiger partial charge in [0, 0.05) is 0 Å². The van der Waals surface area contributed by atoms with Crippen LogP contribution in [0, 0.1) is 5.92 Å². The first-order chi connectivity index (χ1) is 9.75. The van der Waals surface area contributed by atoms with Crippen LogP contribution in [0.4, 0.5) is 0 Å². The average Bonchev–Trinajstić information content (AvgIpc) is 2.45. The minimum Gasteiger partial charge on any atom is -0.480 e. The molecule has 6 nitrogen and oxygen atoms in total. The number of carboxylic acids is 1. The van der Waals surface area contributed by atoms with Crippen molar-refractivity contribution >= 4 is 11.9 Å². The number of aliphatic carboxylic acids is 1. The first-order valence-electron chi connectivity index (χ1n) is 6.62. The van der Waals surface area contributed by atoms with Gasteiger partial charge in [0.05, 0.1) is 0 Å². The fraction of sp³-hybridized carbons (Fsp3) is 0.467. The lowest BCUT2D eigenvalue weighted by Gasteiger charge is -2.07. The Bertz CT molecular complexity index is 431. The summed E-state index contributed by atoms with van der Waals surface area (Å²) in [4.78, 5) is 20.9. The van der Waals surface area contributed by atoms with Crippen LogP contribution in [-0.2, 0) is 20.9 Å². The maximum Gasteiger partial charge on any atom is 0.334 e. The summed E-state index contributed by atoms with van der Waals surface area (Å²) in [6, 6.07) is 8.62. The highest BCUT2D eigenvalue weighted by molar-refractivity contribution is 5.73. The zero-order valence-corrected chi connectivity index (χ0v) is 12.5. The van der Waals surface area contributed by atoms with Gasteiger partial charge in [-0.05, 0) is 18.4 Å². The number of carboxylic acid groups (broad SMARTS) is 1. The minimum atomic E-state index is -1.05. The number of carbonyl (C=O) groups excluding carboxylic acids is 1. The molecular weight excluding hydrogens is 274 g/mol. The van der Waals surface area contributed by atoms with Crippen molar-refractivity contribution in [1.29, 1.82) is 0 Å². The summed E-state index contributed by atoms with van der Waals surface area (Å²) in [6.07, 6.45) is -1.05. The molecule has 2 unspecified atom stereocenters. The Labute approximate surface area is 124 Å². The van der Waals surface area contributed by atoms with Crippen LogP contribution < -0.4 is 5.73 Å². The Hall–Kier alpha value is -1.92. The fourth-order valence-corrected chi connectivity index (χ4v) is 1.13. The van der Waals surface area contributed by atoms with Crippen LogP contribution in [0.2, 0.25) is 0 Å². The average molecular weight is 297 g/mol. The monoisotopic (exact) mass is 297 g/mol. The Morgan fingerprint density at radius 1 is 1.19 bits per heavy atom. The second-order valence-corrected chi connectivity index (χ2v) is 4.88. The summed E-state index contributed by atoms with van der Waals surface area (Å²) < 4.78 is 4.80. The first kappa shape index (κ1) is 19.1. The van der Waals surface area contributed by atoms with E-state index >= 15 is 0 Å². The number of ether oxygens (including phenoxy) is 1. The summed E-state index contributed by atoms with van der Waals surface area (Å²) in [7, 11) is 0. The van der Waals surface area contributed by atoms with Gasteiger partial charge in [-0.2, -0.15) is 0 Å². The van der Waals surface area contributed by atoms with E-state index in [1.165, 1.54) is 6.92 Å². The van der Waals surface area contributed by atoms with E-state index in [9.17, 15) is 9.59 Å². The van der Waals surface area contributed by atoms with Crippen molar-refractivity contribution in [3.05, 3.63) is 35.9 Å². The van der Waals surface area contributed by atoms with E-state index in [4.69, 9.17) is 20.7 Å². The molecule has 0 aliphatic rings. The predicted octanol–water partition coefficient (Wildman–Crippen LogP) is 1.16. The number of nitrogens with two attached hydrogens (primary N) is 1. The third kappa shape index (κ3) is 8.78. The second-order valence-electron chi connectivity index (χ2n) is 4.88. The van der Waals surface area contributed by atoms with Gasteiger partial charge in [-0.3, -0.25) is 4.79 Å². The van der Waals surface area contributed by atoms with Crippen LogP contribution in [0.1, 0.15) is 26.3 Å². The van der Waals surface area contributed by atoms with Crippen molar-refractivity contribution in [1.82, 2.24) is 0 Å². The molecule has 21 heavy (non-hydrogen) atoms. The molecule has 6 heteroatoms. The van der Waals surface area contributed by atoms with E-state index in [1.54, 1.807) is 13.8 Å². The number of rotatable bonds is 5. The molecule has 0 aliphatic carbocycles. The van der Waals surface area contributed by atoms with Crippen molar-refractivity contribution in [2.75, 3.05) is 0 Å². The van der Waals surface area contributed by atoms with Crippen molar-refractivity contribution < 1.29 is 24.5 Å². The molecule has 0 bridgehead atoms. The van der Waals surface area contributed by atoms with Gasteiger partial charge >= 0.3 is 11.9 Å². The van der Waals surface area contributed by atoms with Gasteiger partial charge in [0.15, 0.2) is 0 Å². The summed E-state index contributed by atoms with van der Waals surface area (Å²) in [5.41, 5.74) is 6.07. The highest BCUT2D eigenvalue weighted by Crippen LogP contribution is 2.01. The smallest absolute Gasteiger partial charge is 0.334 e. The second kappa shape index (κ2) is 9.90. The van der Waals surface area contributed by atoms with E-state index in [1.807, 2.05) is 30.3 Å². The molecule has 0 saturated carbocycles. The molecular formula is C15H23NO5. The lowest BCUT2D eigenvalue weighted by atomic mass is 10.1. The van der Waals surface area contributed by atoms with Crippen molar-refractivity contribution in [2.24, 2.45) is 11.7 Å². The van der Waals surface area contributed by atoms with E-state index in [-0.39, 0.29) is 12.5 Å². The van der Waals surface area contributed by atoms with E-state index < -0.39 is 24.1 Å². The molecule has 0 fully saturated rings. The Morgan fingerprint density at radius 2 is 1.71 bits per heavy atom. The summed E-state index contributed by atoms with van der Waals surface area (Å²) in [5.74, 6) is -1.50. The van der Waals surface area contributed by atoms with Gasteiger partial charge in [0.25, 0.3) is 0 Å². The molecule has 0 saturated heterocycles. The first-order valence-corrected chi connectivity index (χ1v) is 6.62. The molecule has 0 aliphatic heterocycles. The summed E-state index contributed by atoms with van der Waals surface area (Å²) in [6.45, 7) is 5.15. The summed E-state index contributed by atoms with van der Waals surface area (Å²) in [5, 5.41) is 17.1. The van der Waals surface area contributed by atoms with Crippen LogP contribution in [0.15, 0.2) is 30.3 Å². The third-order valence-electron chi connectivity index (χ3n) is 2.57. The molecule has 0 amide bonds. The topological polar surface area (TPSA) is 110 Å². The van der Waals surface area contributed by atoms with Crippen molar-refractivity contribution in [2.45, 2.75) is 39.5 Å². The SMILES string of the molecule is CC(C)C(N)C(=O)O.CC(O)C(=O)OCc1ccccc1. The molecule has 0 heterocycles. The lowest BCUT2D eigenvalue weighted by molar-refractivity contribution is -0.153. The Morgan fingerprint density at radius 3 is 2.05 bits per heavy atom. The molecule has 2 atom stereocenters. The quantitative estimate of drug-likeness (QED) is 0.704. The van der Waals surface area contributed by atoms with Gasteiger partial charge in [-0.25, -0.2) is 4.79 Å². The van der Waals surface area contributed by atoms with Crippen LogP contribution in [-0.4, -0.2) is 34.3 Å². The fourth-order valence-electron chi connectivity index (χ4n) is 1.13. The molecule has 118 valence electrons. The largest absolute Gasteiger partial charge is 0.480 e. The number of esters is 1. The van der Waals surface area contributed by atoms with Crippen LogP contribution in [0.5, 0.6) is 0 Å². The van der Waals surface area contributed by atoms with Crippen molar-refractivity contribution in [3.8, 4) is 0 Å². The number of hydrogen-bond acceptors (Lipinski definition) is 5. The highest BCUT2D eigenvalue weighted by Gasteiger charge is 2.14. The van der Waals surface area contributed by atoms with Gasteiger partial charge < -0.3 is 20.7 Å². The number of carbonyl (C=O) groups is 2. The van der Waals surface area contributed by atoms with Crippen molar-refractivity contribution in [3.63, 3.8) is 0 Å². The molecule has 1 rings (SSSR count). The number of benzene rings is 1.